The van der Waals surface area contributed by atoms with E-state index in [1.807, 2.05) is 0 Å². The second-order valence-corrected chi connectivity index (χ2v) is 12.7. The molecular weight excluding hydrogens is 668 g/mol. The zero-order valence-corrected chi connectivity index (χ0v) is 29.3. The summed E-state index contributed by atoms with van der Waals surface area (Å²) >= 11 is 1.33. The Morgan fingerprint density at radius 3 is 1.80 bits per heavy atom. The van der Waals surface area contributed by atoms with Crippen molar-refractivity contribution in [2.24, 2.45) is 17.4 Å². The summed E-state index contributed by atoms with van der Waals surface area (Å²) < 4.78 is 0. The van der Waals surface area contributed by atoms with Crippen LogP contribution in [0.25, 0.3) is 0 Å². The first-order chi connectivity index (χ1) is 22.9. The van der Waals surface area contributed by atoms with E-state index < -0.39 is 103 Å². The minimum absolute atomic E-state index is 0.0342. The molecule has 0 radical (unpaired) electrons. The second-order valence-electron chi connectivity index (χ2n) is 11.7. The third-order valence-corrected chi connectivity index (χ3v) is 7.74. The van der Waals surface area contributed by atoms with Crippen LogP contribution < -0.4 is 43.4 Å². The van der Waals surface area contributed by atoms with Gasteiger partial charge in [-0.25, -0.2) is 4.79 Å². The lowest BCUT2D eigenvalue weighted by atomic mass is 10.0. The SMILES string of the molecule is CSCC[C@H](NC(=O)[C@H](CC(=O)O)NC(=O)[C@H](CCCCN)NC(=O)[C@@H](NC(=O)CNC(=O)[C@H](C)NC(=O)[C@@H](N)C(C)C)[C@@H](C)O)C(=O)O. The van der Waals surface area contributed by atoms with Gasteiger partial charge in [0.15, 0.2) is 0 Å². The maximum Gasteiger partial charge on any atom is 0.326 e. The molecule has 49 heavy (non-hydrogen) atoms. The van der Waals surface area contributed by atoms with Crippen LogP contribution in [0.2, 0.25) is 0 Å². The molecule has 0 aromatic rings. The molecule has 0 aromatic heterocycles. The first-order valence-corrected chi connectivity index (χ1v) is 17.1. The zero-order chi connectivity index (χ0) is 37.8. The Morgan fingerprint density at radius 2 is 1.29 bits per heavy atom. The van der Waals surface area contributed by atoms with Gasteiger partial charge in [-0.2, -0.15) is 11.8 Å². The Labute approximate surface area is 289 Å². The summed E-state index contributed by atoms with van der Waals surface area (Å²) in [6.45, 7) is 5.61. The van der Waals surface area contributed by atoms with Crippen molar-refractivity contribution in [1.82, 2.24) is 31.9 Å². The third-order valence-electron chi connectivity index (χ3n) is 7.09. The molecule has 13 N–H and O–H groups in total. The molecule has 0 unspecified atom stereocenters. The normalized spacial score (nSPS) is 15.3. The molecule has 19 nitrogen and oxygen atoms in total. The summed E-state index contributed by atoms with van der Waals surface area (Å²) in [5, 5.41) is 42.9. The van der Waals surface area contributed by atoms with Gasteiger partial charge in [0.05, 0.1) is 25.1 Å². The van der Waals surface area contributed by atoms with Crippen molar-refractivity contribution in [3.8, 4) is 0 Å². The molecule has 0 heterocycles. The van der Waals surface area contributed by atoms with Crippen molar-refractivity contribution in [2.45, 2.75) is 102 Å². The highest BCUT2D eigenvalue weighted by Crippen LogP contribution is 2.07. The molecule has 0 saturated heterocycles. The topological polar surface area (TPSA) is 321 Å². The fourth-order valence-electron chi connectivity index (χ4n) is 4.07. The molecule has 7 atom stereocenters. The van der Waals surface area contributed by atoms with E-state index in [1.165, 1.54) is 25.6 Å². The number of carbonyl (C=O) groups excluding carboxylic acids is 6. The van der Waals surface area contributed by atoms with Gasteiger partial charge in [0.2, 0.25) is 35.4 Å². The van der Waals surface area contributed by atoms with Gasteiger partial charge in [-0.1, -0.05) is 13.8 Å². The fourth-order valence-corrected chi connectivity index (χ4v) is 4.54. The van der Waals surface area contributed by atoms with Crippen LogP contribution in [0.4, 0.5) is 0 Å². The number of carboxylic acid groups (broad SMARTS) is 2. The van der Waals surface area contributed by atoms with E-state index in [9.17, 15) is 53.7 Å². The second kappa shape index (κ2) is 23.4. The lowest BCUT2D eigenvalue weighted by Crippen LogP contribution is -2.60. The number of nitrogens with one attached hydrogen (secondary N) is 6. The highest BCUT2D eigenvalue weighted by molar-refractivity contribution is 7.98. The lowest BCUT2D eigenvalue weighted by Gasteiger charge is -2.26. The highest BCUT2D eigenvalue weighted by Gasteiger charge is 2.33. The molecule has 0 fully saturated rings. The number of nitrogens with two attached hydrogens (primary N) is 2. The average Bonchev–Trinajstić information content (AvgIpc) is 3.02. The maximum absolute atomic E-state index is 13.3. The van der Waals surface area contributed by atoms with E-state index in [1.54, 1.807) is 20.1 Å². The Hall–Kier alpha value is -4.01. The van der Waals surface area contributed by atoms with Crippen molar-refractivity contribution in [3.05, 3.63) is 0 Å². The van der Waals surface area contributed by atoms with Crippen LogP contribution in [0.5, 0.6) is 0 Å². The van der Waals surface area contributed by atoms with Gasteiger partial charge in [0.25, 0.3) is 0 Å². The number of carbonyl (C=O) groups is 8. The molecule has 0 aromatic carbocycles. The van der Waals surface area contributed by atoms with Crippen LogP contribution in [-0.2, 0) is 38.4 Å². The maximum atomic E-state index is 13.3. The fraction of sp³-hybridized carbons (Fsp3) is 0.724. The van der Waals surface area contributed by atoms with Crippen LogP contribution in [0.1, 0.15) is 59.8 Å². The van der Waals surface area contributed by atoms with Gasteiger partial charge in [-0.3, -0.25) is 33.6 Å². The number of aliphatic hydroxyl groups is 1. The van der Waals surface area contributed by atoms with E-state index in [-0.39, 0.29) is 25.3 Å². The quantitative estimate of drug-likeness (QED) is 0.0429. The Morgan fingerprint density at radius 1 is 0.714 bits per heavy atom. The number of aliphatic hydroxyl groups excluding tert-OH is 1. The van der Waals surface area contributed by atoms with Gasteiger partial charge in [-0.05, 0) is 64.0 Å². The molecule has 0 saturated carbocycles. The number of hydrogen-bond acceptors (Lipinski definition) is 12. The molecular formula is C29H52N8O11S. The summed E-state index contributed by atoms with van der Waals surface area (Å²) in [6, 6.07) is -7.98. The van der Waals surface area contributed by atoms with Crippen LogP contribution in [-0.4, -0.2) is 130 Å². The Balaban J connectivity index is 5.69. The number of unbranched alkanes of at least 4 members (excludes halogenated alkanes) is 1. The molecule has 6 amide bonds. The minimum atomic E-state index is -1.71. The predicted molar refractivity (Wildman–Crippen MR) is 179 cm³/mol. The van der Waals surface area contributed by atoms with Gasteiger partial charge < -0.3 is 58.7 Å². The minimum Gasteiger partial charge on any atom is -0.481 e. The smallest absolute Gasteiger partial charge is 0.326 e. The molecule has 0 bridgehead atoms. The average molecular weight is 721 g/mol. The zero-order valence-electron chi connectivity index (χ0n) is 28.4. The number of aliphatic carboxylic acids is 2. The number of amides is 6. The van der Waals surface area contributed by atoms with Gasteiger partial charge in [0.1, 0.15) is 30.2 Å². The largest absolute Gasteiger partial charge is 0.481 e. The highest BCUT2D eigenvalue weighted by atomic mass is 32.2. The van der Waals surface area contributed by atoms with Gasteiger partial charge in [-0.15, -0.1) is 0 Å². The van der Waals surface area contributed by atoms with Gasteiger partial charge in [0, 0.05) is 0 Å². The summed E-state index contributed by atoms with van der Waals surface area (Å²) in [5.74, 6) is -7.90. The predicted octanol–water partition coefficient (Wildman–Crippen LogP) is -3.65. The van der Waals surface area contributed by atoms with Crippen LogP contribution in [0, 0.1) is 5.92 Å². The van der Waals surface area contributed by atoms with Crippen molar-refractivity contribution >= 4 is 59.1 Å². The van der Waals surface area contributed by atoms with Crippen molar-refractivity contribution in [3.63, 3.8) is 0 Å². The van der Waals surface area contributed by atoms with Crippen LogP contribution >= 0.6 is 11.8 Å². The summed E-state index contributed by atoms with van der Waals surface area (Å²) in [5.41, 5.74) is 11.3. The van der Waals surface area contributed by atoms with E-state index in [0.29, 0.717) is 18.6 Å². The third kappa shape index (κ3) is 17.8. The van der Waals surface area contributed by atoms with Crippen molar-refractivity contribution in [2.75, 3.05) is 25.1 Å². The summed E-state index contributed by atoms with van der Waals surface area (Å²) in [4.78, 5) is 99.6. The van der Waals surface area contributed by atoms with E-state index >= 15 is 0 Å². The van der Waals surface area contributed by atoms with E-state index in [0.717, 1.165) is 0 Å². The molecule has 20 heteroatoms. The number of hydrogen-bond donors (Lipinski definition) is 11. The standard InChI is InChI=1S/C29H52N8O11S/c1-14(2)22(31)27(45)33-15(3)24(42)32-13-20(39)37-23(16(4)38)28(46)34-17(8-6-7-10-30)25(43)36-19(12-21(40)41)26(44)35-18(29(47)48)9-11-49-5/h14-19,22-23,38H,6-13,30-31H2,1-5H3,(H,32,42)(H,33,45)(H,34,46)(H,35,44)(H,36,43)(H,37,39)(H,40,41)(H,47,48)/t15-,16+,17-,18-,19-,22-,23-/m0/s1. The lowest BCUT2D eigenvalue weighted by molar-refractivity contribution is -0.143. The monoisotopic (exact) mass is 720 g/mol. The summed E-state index contributed by atoms with van der Waals surface area (Å²) in [6.07, 6.45) is 0.0503. The molecule has 280 valence electrons. The van der Waals surface area contributed by atoms with E-state index in [2.05, 4.69) is 31.9 Å². The van der Waals surface area contributed by atoms with Crippen molar-refractivity contribution < 1.29 is 53.7 Å². The van der Waals surface area contributed by atoms with Crippen molar-refractivity contribution in [1.29, 1.82) is 0 Å². The van der Waals surface area contributed by atoms with Gasteiger partial charge >= 0.3 is 11.9 Å². The Kier molecular flexibility index (Phi) is 21.5. The molecule has 0 spiro atoms. The Bertz CT molecular complexity index is 1160. The molecule has 0 aliphatic rings. The first-order valence-electron chi connectivity index (χ1n) is 15.7. The number of thioether (sulfide) groups is 1. The first kappa shape index (κ1) is 45.0. The number of rotatable bonds is 24. The molecule has 0 aliphatic heterocycles. The molecule has 0 aliphatic carbocycles. The van der Waals surface area contributed by atoms with Crippen LogP contribution in [0.15, 0.2) is 0 Å². The molecule has 0 rings (SSSR count). The summed E-state index contributed by atoms with van der Waals surface area (Å²) in [7, 11) is 0. The van der Waals surface area contributed by atoms with E-state index in [4.69, 9.17) is 11.5 Å². The number of carboxylic acids is 2. The van der Waals surface area contributed by atoms with Crippen LogP contribution in [0.3, 0.4) is 0 Å².